The average Bonchev–Trinajstić information content (AvgIpc) is 3.06. The Labute approximate surface area is 193 Å². The Bertz CT molecular complexity index is 976. The highest BCUT2D eigenvalue weighted by Gasteiger charge is 2.42. The average molecular weight is 456 g/mol. The van der Waals surface area contributed by atoms with Crippen molar-refractivity contribution in [2.75, 3.05) is 38.1 Å². The highest BCUT2D eigenvalue weighted by molar-refractivity contribution is 7.16. The summed E-state index contributed by atoms with van der Waals surface area (Å²) in [6.07, 6.45) is 3.29. The molecule has 4 rings (SSSR count). The van der Waals surface area contributed by atoms with Gasteiger partial charge in [0.2, 0.25) is 5.91 Å². The molecular weight excluding hydrogens is 422 g/mol. The number of likely N-dealkylation sites (tertiary alicyclic amines) is 1. The number of nitrogens with zero attached hydrogens (tertiary/aromatic N) is 2. The summed E-state index contributed by atoms with van der Waals surface area (Å²) in [5.41, 5.74) is 15.3. The van der Waals surface area contributed by atoms with Crippen molar-refractivity contribution in [3.8, 4) is 0 Å². The summed E-state index contributed by atoms with van der Waals surface area (Å²) in [4.78, 5) is 31.0. The van der Waals surface area contributed by atoms with Gasteiger partial charge in [0, 0.05) is 30.6 Å². The number of amides is 3. The van der Waals surface area contributed by atoms with Gasteiger partial charge in [-0.05, 0) is 56.7 Å². The molecule has 172 valence electrons. The minimum Gasteiger partial charge on any atom is -0.396 e. The van der Waals surface area contributed by atoms with E-state index in [1.54, 1.807) is 11.3 Å². The van der Waals surface area contributed by atoms with Crippen molar-refractivity contribution in [1.29, 1.82) is 0 Å². The Morgan fingerprint density at radius 2 is 1.97 bits per heavy atom. The maximum atomic E-state index is 13.3. The number of piperidine rings is 1. The molecule has 0 spiro atoms. The number of imide groups is 1. The van der Waals surface area contributed by atoms with Crippen molar-refractivity contribution in [1.82, 2.24) is 15.1 Å². The van der Waals surface area contributed by atoms with Crippen LogP contribution < -0.4 is 16.8 Å². The number of hydrogen-bond donors (Lipinski definition) is 3. The minimum atomic E-state index is -0.306. The van der Waals surface area contributed by atoms with Crippen molar-refractivity contribution in [3.05, 3.63) is 46.3 Å². The van der Waals surface area contributed by atoms with Gasteiger partial charge >= 0.3 is 6.03 Å². The molecule has 1 saturated heterocycles. The summed E-state index contributed by atoms with van der Waals surface area (Å²) >= 11 is 1.60. The second-order valence-electron chi connectivity index (χ2n) is 8.94. The first-order valence-electron chi connectivity index (χ1n) is 11.4. The number of likely N-dealkylation sites (N-methyl/N-ethyl adjacent to an activating group) is 1. The van der Waals surface area contributed by atoms with Crippen LogP contribution in [-0.4, -0.2) is 54.5 Å². The second kappa shape index (κ2) is 9.50. The number of nitrogen functional groups attached to an aromatic ring is 2. The summed E-state index contributed by atoms with van der Waals surface area (Å²) in [5.74, 6) is 0.0600. The van der Waals surface area contributed by atoms with E-state index in [0.29, 0.717) is 42.3 Å². The number of hydrogen-bond acceptors (Lipinski definition) is 6. The van der Waals surface area contributed by atoms with Gasteiger partial charge in [0.25, 0.3) is 0 Å². The Kier molecular flexibility index (Phi) is 6.71. The molecule has 2 aromatic rings. The van der Waals surface area contributed by atoms with Crippen LogP contribution in [0.25, 0.3) is 0 Å². The largest absolute Gasteiger partial charge is 0.396 e. The molecule has 5 N–H and O–H groups in total. The smallest absolute Gasteiger partial charge is 0.324 e. The molecule has 3 amide bonds. The molecule has 3 atom stereocenters. The van der Waals surface area contributed by atoms with Gasteiger partial charge in [-0.2, -0.15) is 0 Å². The molecule has 0 bridgehead atoms. The molecule has 8 heteroatoms. The molecule has 2 aliphatic rings. The van der Waals surface area contributed by atoms with Gasteiger partial charge in [0.05, 0.1) is 11.6 Å². The third kappa shape index (κ3) is 4.47. The number of carbonyl (C=O) groups is 2. The molecule has 7 nitrogen and oxygen atoms in total. The third-order valence-corrected chi connectivity index (χ3v) is 8.04. The number of urea groups is 1. The number of nitrogens with two attached hydrogens (primary N) is 2. The maximum absolute atomic E-state index is 13.3. The first kappa shape index (κ1) is 22.6. The Balaban J connectivity index is 1.38. The molecule has 1 aliphatic carbocycles. The molecule has 0 radical (unpaired) electrons. The number of anilines is 2. The fraction of sp³-hybridized carbons (Fsp3) is 0.500. The zero-order chi connectivity index (χ0) is 22.8. The Morgan fingerprint density at radius 3 is 2.69 bits per heavy atom. The molecule has 32 heavy (non-hydrogen) atoms. The Hall–Kier alpha value is -2.58. The van der Waals surface area contributed by atoms with Gasteiger partial charge in [-0.25, -0.2) is 4.79 Å². The van der Waals surface area contributed by atoms with Crippen LogP contribution in [0, 0.1) is 11.8 Å². The summed E-state index contributed by atoms with van der Waals surface area (Å²) in [6.45, 7) is 3.39. The van der Waals surface area contributed by atoms with E-state index in [9.17, 15) is 9.59 Å². The molecule has 1 aliphatic heterocycles. The molecule has 1 aromatic heterocycles. The van der Waals surface area contributed by atoms with Crippen molar-refractivity contribution in [2.24, 2.45) is 11.8 Å². The lowest BCUT2D eigenvalue weighted by Crippen LogP contribution is -2.55. The molecule has 2 heterocycles. The number of carbonyl (C=O) groups excluding carboxylic acids is 2. The zero-order valence-electron chi connectivity index (χ0n) is 18.8. The number of thiophene rings is 1. The number of nitrogens with one attached hydrogen (secondary N) is 1. The maximum Gasteiger partial charge on any atom is 0.324 e. The second-order valence-corrected chi connectivity index (χ2v) is 10.1. The van der Waals surface area contributed by atoms with Crippen LogP contribution in [0.4, 0.5) is 15.5 Å². The third-order valence-electron chi connectivity index (χ3n) is 6.94. The molecular formula is C24H33N5O2S. The summed E-state index contributed by atoms with van der Waals surface area (Å²) in [7, 11) is 2.08. The lowest BCUT2D eigenvalue weighted by molar-refractivity contribution is -0.135. The minimum absolute atomic E-state index is 0.0846. The van der Waals surface area contributed by atoms with Gasteiger partial charge in [0.1, 0.15) is 5.00 Å². The van der Waals surface area contributed by atoms with Crippen LogP contribution in [0.2, 0.25) is 0 Å². The summed E-state index contributed by atoms with van der Waals surface area (Å²) in [6, 6.07) is 10.1. The van der Waals surface area contributed by atoms with E-state index in [1.807, 2.05) is 37.3 Å². The predicted molar refractivity (Wildman–Crippen MR) is 129 cm³/mol. The molecule has 1 fully saturated rings. The number of rotatable bonds is 5. The van der Waals surface area contributed by atoms with E-state index in [0.717, 1.165) is 31.2 Å². The zero-order valence-corrected chi connectivity index (χ0v) is 19.7. The van der Waals surface area contributed by atoms with Gasteiger partial charge in [-0.15, -0.1) is 11.3 Å². The van der Waals surface area contributed by atoms with E-state index < -0.39 is 0 Å². The summed E-state index contributed by atoms with van der Waals surface area (Å²) in [5, 5.41) is 3.62. The fourth-order valence-corrected chi connectivity index (χ4v) is 6.29. The van der Waals surface area contributed by atoms with Crippen LogP contribution in [-0.2, 0) is 24.1 Å². The first-order valence-corrected chi connectivity index (χ1v) is 12.2. The molecule has 0 saturated carbocycles. The van der Waals surface area contributed by atoms with Crippen molar-refractivity contribution in [2.45, 2.75) is 38.6 Å². The van der Waals surface area contributed by atoms with Crippen molar-refractivity contribution in [3.63, 3.8) is 0 Å². The van der Waals surface area contributed by atoms with Crippen LogP contribution in [0.3, 0.4) is 0 Å². The summed E-state index contributed by atoms with van der Waals surface area (Å²) < 4.78 is 0. The topological polar surface area (TPSA) is 105 Å². The highest BCUT2D eigenvalue weighted by Crippen LogP contribution is 2.44. The molecule has 0 unspecified atom stereocenters. The van der Waals surface area contributed by atoms with Gasteiger partial charge in [-0.1, -0.05) is 30.3 Å². The van der Waals surface area contributed by atoms with Gasteiger partial charge in [0.15, 0.2) is 0 Å². The highest BCUT2D eigenvalue weighted by atomic mass is 32.1. The van der Waals surface area contributed by atoms with Gasteiger partial charge in [-0.3, -0.25) is 9.69 Å². The standard InChI is InChI=1S/C24H33N5O2S/c1-3-29(24(31)27-10-9-15-7-5-4-6-8-15)23(30)17-11-16-12-18-20(32-22(26)21(18)25)13-19(16)28(2)14-17/h4-8,16-17,19H,3,9-14,25-26H2,1-2H3,(H,27,31)/t16-,17-,19-/m1/s1. The van der Waals surface area contributed by atoms with Crippen LogP contribution >= 0.6 is 11.3 Å². The lowest BCUT2D eigenvalue weighted by atomic mass is 9.74. The van der Waals surface area contributed by atoms with Gasteiger partial charge < -0.3 is 21.7 Å². The van der Waals surface area contributed by atoms with E-state index in [-0.39, 0.29) is 17.9 Å². The first-order chi connectivity index (χ1) is 15.4. The van der Waals surface area contributed by atoms with E-state index in [4.69, 9.17) is 11.5 Å². The SMILES string of the molecule is CCN(C(=O)NCCc1ccccc1)C(=O)[C@@H]1C[C@@H]2Cc3c(sc(N)c3N)C[C@H]2N(C)C1. The van der Waals surface area contributed by atoms with Crippen molar-refractivity contribution >= 4 is 34.0 Å². The monoisotopic (exact) mass is 455 g/mol. The fourth-order valence-electron chi connectivity index (χ4n) is 5.22. The quantitative estimate of drug-likeness (QED) is 0.643. The number of fused-ring (bicyclic) bond motifs is 2. The molecule has 1 aromatic carbocycles. The lowest BCUT2D eigenvalue weighted by Gasteiger charge is -2.45. The van der Waals surface area contributed by atoms with Crippen LogP contribution in [0.5, 0.6) is 0 Å². The van der Waals surface area contributed by atoms with Crippen LogP contribution in [0.15, 0.2) is 30.3 Å². The number of benzene rings is 1. The predicted octanol–water partition coefficient (Wildman–Crippen LogP) is 2.75. The van der Waals surface area contributed by atoms with Crippen LogP contribution in [0.1, 0.15) is 29.3 Å². The van der Waals surface area contributed by atoms with E-state index in [2.05, 4.69) is 17.3 Å². The van der Waals surface area contributed by atoms with Crippen molar-refractivity contribution < 1.29 is 9.59 Å². The van der Waals surface area contributed by atoms with E-state index in [1.165, 1.54) is 15.3 Å². The normalized spacial score (nSPS) is 22.6. The Morgan fingerprint density at radius 1 is 1.22 bits per heavy atom. The van der Waals surface area contributed by atoms with E-state index >= 15 is 0 Å².